The highest BCUT2D eigenvalue weighted by molar-refractivity contribution is 5.85. The first-order valence-electron chi connectivity index (χ1n) is 9.50. The minimum absolute atomic E-state index is 0. The summed E-state index contributed by atoms with van der Waals surface area (Å²) < 4.78 is 40.4. The molecule has 2 aromatic carbocycles. The molecule has 0 radical (unpaired) electrons. The van der Waals surface area contributed by atoms with E-state index in [0.717, 1.165) is 19.2 Å². The van der Waals surface area contributed by atoms with Crippen LogP contribution in [0.4, 0.5) is 18.9 Å². The van der Waals surface area contributed by atoms with Gasteiger partial charge in [-0.1, -0.05) is 18.2 Å². The van der Waals surface area contributed by atoms with Crippen LogP contribution >= 0.6 is 12.4 Å². The zero-order valence-electron chi connectivity index (χ0n) is 16.2. The third-order valence-corrected chi connectivity index (χ3v) is 5.30. The van der Waals surface area contributed by atoms with Gasteiger partial charge < -0.3 is 4.90 Å². The average molecular weight is 439 g/mol. The number of halogens is 4. The lowest BCUT2D eigenvalue weighted by Crippen LogP contribution is -2.47. The summed E-state index contributed by atoms with van der Waals surface area (Å²) in [6.07, 6.45) is -2.76. The van der Waals surface area contributed by atoms with Crippen molar-refractivity contribution in [2.24, 2.45) is 0 Å². The van der Waals surface area contributed by atoms with Gasteiger partial charge >= 0.3 is 6.18 Å². The third kappa shape index (κ3) is 4.76. The van der Waals surface area contributed by atoms with Crippen LogP contribution in [0.3, 0.4) is 0 Å². The summed E-state index contributed by atoms with van der Waals surface area (Å²) in [6, 6.07) is 12.7. The zero-order chi connectivity index (χ0) is 20.4. The molecule has 0 amide bonds. The number of hydrogen-bond donors (Lipinski definition) is 0. The molecule has 160 valence electrons. The standard InChI is InChI=1S/C21H21F3N4O.ClH/c22-21(23,24)16-4-3-5-17(14-16)27-11-8-26(9-12-27)10-13-28-15-25-19-7-2-1-6-18(19)20(28)29;/h1-7,14-15H,8-13H2;1H. The van der Waals surface area contributed by atoms with E-state index in [9.17, 15) is 18.0 Å². The van der Waals surface area contributed by atoms with Crippen molar-refractivity contribution < 1.29 is 13.2 Å². The fraction of sp³-hybridized carbons (Fsp3) is 0.333. The number of hydrogen-bond acceptors (Lipinski definition) is 4. The summed E-state index contributed by atoms with van der Waals surface area (Å²) in [7, 11) is 0. The van der Waals surface area contributed by atoms with Crippen molar-refractivity contribution in [1.82, 2.24) is 14.5 Å². The van der Waals surface area contributed by atoms with Crippen LogP contribution in [0.25, 0.3) is 10.9 Å². The Hall–Kier alpha value is -2.58. The van der Waals surface area contributed by atoms with Gasteiger partial charge in [0.15, 0.2) is 0 Å². The molecule has 0 saturated carbocycles. The highest BCUT2D eigenvalue weighted by atomic mass is 35.5. The lowest BCUT2D eigenvalue weighted by Gasteiger charge is -2.36. The lowest BCUT2D eigenvalue weighted by molar-refractivity contribution is -0.137. The van der Waals surface area contributed by atoms with Crippen molar-refractivity contribution in [2.45, 2.75) is 12.7 Å². The largest absolute Gasteiger partial charge is 0.416 e. The molecule has 0 unspecified atom stereocenters. The Morgan fingerprint density at radius 3 is 2.40 bits per heavy atom. The highest BCUT2D eigenvalue weighted by Crippen LogP contribution is 2.31. The Labute approximate surface area is 178 Å². The first kappa shape index (κ1) is 22.1. The lowest BCUT2D eigenvalue weighted by atomic mass is 10.1. The van der Waals surface area contributed by atoms with Crippen LogP contribution in [0, 0.1) is 0 Å². The molecule has 2 heterocycles. The summed E-state index contributed by atoms with van der Waals surface area (Å²) >= 11 is 0. The molecular weight excluding hydrogens is 417 g/mol. The number of nitrogens with zero attached hydrogens (tertiary/aromatic N) is 4. The minimum atomic E-state index is -4.33. The summed E-state index contributed by atoms with van der Waals surface area (Å²) in [5, 5.41) is 0.601. The Morgan fingerprint density at radius 2 is 1.67 bits per heavy atom. The second-order valence-electron chi connectivity index (χ2n) is 7.14. The highest BCUT2D eigenvalue weighted by Gasteiger charge is 2.31. The molecule has 30 heavy (non-hydrogen) atoms. The molecule has 5 nitrogen and oxygen atoms in total. The van der Waals surface area contributed by atoms with E-state index in [1.165, 1.54) is 12.1 Å². The van der Waals surface area contributed by atoms with Crippen LogP contribution in [0.2, 0.25) is 0 Å². The molecule has 0 aliphatic carbocycles. The fourth-order valence-electron chi connectivity index (χ4n) is 3.62. The second-order valence-corrected chi connectivity index (χ2v) is 7.14. The first-order valence-corrected chi connectivity index (χ1v) is 9.50. The number of benzene rings is 2. The van der Waals surface area contributed by atoms with Gasteiger partial charge in [0.2, 0.25) is 0 Å². The fourth-order valence-corrected chi connectivity index (χ4v) is 3.62. The predicted octanol–water partition coefficient (Wildman–Crippen LogP) is 3.66. The molecule has 0 N–H and O–H groups in total. The van der Waals surface area contributed by atoms with Crippen LogP contribution in [-0.2, 0) is 12.7 Å². The van der Waals surface area contributed by atoms with E-state index in [1.54, 1.807) is 23.0 Å². The van der Waals surface area contributed by atoms with E-state index in [-0.39, 0.29) is 18.0 Å². The van der Waals surface area contributed by atoms with E-state index in [1.807, 2.05) is 23.1 Å². The maximum Gasteiger partial charge on any atom is 0.416 e. The van der Waals surface area contributed by atoms with Crippen LogP contribution < -0.4 is 10.5 Å². The van der Waals surface area contributed by atoms with Gasteiger partial charge in [0.25, 0.3) is 5.56 Å². The van der Waals surface area contributed by atoms with Gasteiger partial charge in [-0.3, -0.25) is 14.3 Å². The van der Waals surface area contributed by atoms with Crippen LogP contribution in [0.5, 0.6) is 0 Å². The van der Waals surface area contributed by atoms with E-state index in [2.05, 4.69) is 9.88 Å². The Morgan fingerprint density at radius 1 is 0.933 bits per heavy atom. The summed E-state index contributed by atoms with van der Waals surface area (Å²) in [5.74, 6) is 0. The van der Waals surface area contributed by atoms with Gasteiger partial charge in [-0.15, -0.1) is 12.4 Å². The van der Waals surface area contributed by atoms with Crippen LogP contribution in [0.15, 0.2) is 59.7 Å². The Kier molecular flexibility index (Phi) is 6.67. The molecule has 1 aliphatic heterocycles. The normalized spacial score (nSPS) is 15.2. The molecule has 0 atom stereocenters. The number of piperazine rings is 1. The van der Waals surface area contributed by atoms with Gasteiger partial charge in [0.05, 0.1) is 22.8 Å². The van der Waals surface area contributed by atoms with Crippen LogP contribution in [-0.4, -0.2) is 47.2 Å². The Balaban J connectivity index is 0.00000256. The smallest absolute Gasteiger partial charge is 0.369 e. The van der Waals surface area contributed by atoms with Crippen LogP contribution in [0.1, 0.15) is 5.56 Å². The monoisotopic (exact) mass is 438 g/mol. The number of aromatic nitrogens is 2. The molecule has 0 bridgehead atoms. The van der Waals surface area contributed by atoms with Gasteiger partial charge in [-0.05, 0) is 30.3 Å². The molecule has 4 rings (SSSR count). The molecular formula is C21H22ClF3N4O. The van der Waals surface area contributed by atoms with Crippen molar-refractivity contribution in [3.63, 3.8) is 0 Å². The maximum atomic E-state index is 12.9. The van der Waals surface area contributed by atoms with Crippen molar-refractivity contribution in [3.05, 3.63) is 70.8 Å². The average Bonchev–Trinajstić information content (AvgIpc) is 2.73. The quantitative estimate of drug-likeness (QED) is 0.623. The molecule has 3 aromatic rings. The number of fused-ring (bicyclic) bond motifs is 1. The number of rotatable bonds is 4. The molecule has 1 aromatic heterocycles. The van der Waals surface area contributed by atoms with Crippen molar-refractivity contribution in [1.29, 1.82) is 0 Å². The summed E-state index contributed by atoms with van der Waals surface area (Å²) in [6.45, 7) is 3.97. The number of para-hydroxylation sites is 1. The van der Waals surface area contributed by atoms with Gasteiger partial charge in [-0.25, -0.2) is 4.98 Å². The predicted molar refractivity (Wildman–Crippen MR) is 113 cm³/mol. The molecule has 0 spiro atoms. The van der Waals surface area contributed by atoms with E-state index in [0.29, 0.717) is 42.8 Å². The number of alkyl halides is 3. The minimum Gasteiger partial charge on any atom is -0.369 e. The van der Waals surface area contributed by atoms with E-state index < -0.39 is 11.7 Å². The van der Waals surface area contributed by atoms with Crippen molar-refractivity contribution >= 4 is 29.0 Å². The zero-order valence-corrected chi connectivity index (χ0v) is 17.0. The summed E-state index contributed by atoms with van der Waals surface area (Å²) in [5.41, 5.74) is 0.594. The first-order chi connectivity index (χ1) is 13.9. The van der Waals surface area contributed by atoms with Gasteiger partial charge in [-0.2, -0.15) is 13.2 Å². The topological polar surface area (TPSA) is 41.4 Å². The van der Waals surface area contributed by atoms with E-state index in [4.69, 9.17) is 0 Å². The SMILES string of the molecule is Cl.O=c1c2ccccc2ncn1CCN1CCN(c2cccc(C(F)(F)F)c2)CC1. The summed E-state index contributed by atoms with van der Waals surface area (Å²) in [4.78, 5) is 21.1. The molecule has 1 aliphatic rings. The van der Waals surface area contributed by atoms with Gasteiger partial charge in [0, 0.05) is 45.0 Å². The maximum absolute atomic E-state index is 12.9. The number of anilines is 1. The van der Waals surface area contributed by atoms with Crippen molar-refractivity contribution in [3.8, 4) is 0 Å². The molecule has 1 fully saturated rings. The van der Waals surface area contributed by atoms with Gasteiger partial charge in [0.1, 0.15) is 0 Å². The van der Waals surface area contributed by atoms with E-state index >= 15 is 0 Å². The third-order valence-electron chi connectivity index (χ3n) is 5.30. The molecule has 9 heteroatoms. The Bertz CT molecular complexity index is 1060. The molecule has 1 saturated heterocycles. The van der Waals surface area contributed by atoms with Crippen molar-refractivity contribution in [2.75, 3.05) is 37.6 Å². The second kappa shape index (κ2) is 9.06.